The van der Waals surface area contributed by atoms with E-state index in [0.29, 0.717) is 30.6 Å². The van der Waals surface area contributed by atoms with Crippen molar-refractivity contribution < 1.29 is 19.0 Å². The lowest BCUT2D eigenvalue weighted by Crippen LogP contribution is -2.59. The third-order valence-electron chi connectivity index (χ3n) is 7.17. The van der Waals surface area contributed by atoms with Crippen LogP contribution in [0.5, 0.6) is 0 Å². The first-order valence-electron chi connectivity index (χ1n) is 12.6. The Morgan fingerprint density at radius 2 is 2.00 bits per heavy atom. The highest BCUT2D eigenvalue weighted by molar-refractivity contribution is 5.86. The number of carbonyl (C=O) groups excluding carboxylic acids is 1. The number of aliphatic hydroxyl groups is 1. The van der Waals surface area contributed by atoms with Crippen molar-refractivity contribution in [3.8, 4) is 6.07 Å². The highest BCUT2D eigenvalue weighted by Gasteiger charge is 2.44. The number of rotatable bonds is 9. The van der Waals surface area contributed by atoms with Gasteiger partial charge in [0, 0.05) is 33.2 Å². The van der Waals surface area contributed by atoms with E-state index in [0.717, 1.165) is 37.5 Å². The largest absolute Gasteiger partial charge is 0.400 e. The normalized spacial score (nSPS) is 22.4. The number of aliphatic hydroxyl groups excluding tert-OH is 1. The Labute approximate surface area is 209 Å². The van der Waals surface area contributed by atoms with Crippen molar-refractivity contribution in [3.05, 3.63) is 34.9 Å². The number of nitrogens with two attached hydrogens (primary N) is 1. The van der Waals surface area contributed by atoms with Crippen molar-refractivity contribution in [1.82, 2.24) is 10.2 Å². The predicted molar refractivity (Wildman–Crippen MR) is 135 cm³/mol. The zero-order valence-corrected chi connectivity index (χ0v) is 21.9. The van der Waals surface area contributed by atoms with E-state index in [1.807, 2.05) is 18.2 Å². The number of fused-ring (bicyclic) bond motifs is 1. The Kier molecular flexibility index (Phi) is 11.1. The maximum absolute atomic E-state index is 15.6. The van der Waals surface area contributed by atoms with Gasteiger partial charge in [-0.05, 0) is 67.3 Å². The monoisotopic (exact) mass is 490 g/mol. The average molecular weight is 491 g/mol. The lowest BCUT2D eigenvalue weighted by atomic mass is 9.81. The Bertz CT molecular complexity index is 866. The molecule has 4 atom stereocenters. The lowest BCUT2D eigenvalue weighted by Gasteiger charge is -2.39. The number of alkyl halides is 1. The molecule has 1 aromatic rings. The Hall–Kier alpha value is -2.05. The molecule has 0 saturated carbocycles. The second kappa shape index (κ2) is 13.3. The number of amides is 1. The van der Waals surface area contributed by atoms with Crippen LogP contribution >= 0.6 is 0 Å². The first-order valence-corrected chi connectivity index (χ1v) is 12.6. The summed E-state index contributed by atoms with van der Waals surface area (Å²) < 4.78 is 21.0. The molecule has 1 saturated heterocycles. The van der Waals surface area contributed by atoms with Crippen LogP contribution in [-0.2, 0) is 16.0 Å². The molecule has 1 aromatic carbocycles. The van der Waals surface area contributed by atoms with Crippen molar-refractivity contribution in [2.45, 2.75) is 70.8 Å². The summed E-state index contributed by atoms with van der Waals surface area (Å²) >= 11 is 0. The summed E-state index contributed by atoms with van der Waals surface area (Å²) in [5.74, 6) is 0.565. The van der Waals surface area contributed by atoms with E-state index in [4.69, 9.17) is 15.6 Å². The third-order valence-corrected chi connectivity index (χ3v) is 7.17. The van der Waals surface area contributed by atoms with E-state index >= 15 is 4.39 Å². The molecule has 35 heavy (non-hydrogen) atoms. The average Bonchev–Trinajstić information content (AvgIpc) is 3.19. The van der Waals surface area contributed by atoms with E-state index in [1.54, 1.807) is 7.05 Å². The van der Waals surface area contributed by atoms with Crippen LogP contribution in [-0.4, -0.2) is 61.8 Å². The Morgan fingerprint density at radius 1 is 1.34 bits per heavy atom. The molecule has 3 rings (SSSR count). The van der Waals surface area contributed by atoms with E-state index < -0.39 is 17.9 Å². The topological polar surface area (TPSA) is 112 Å². The van der Waals surface area contributed by atoms with Crippen LogP contribution in [0.15, 0.2) is 18.2 Å². The van der Waals surface area contributed by atoms with Gasteiger partial charge in [0.25, 0.3) is 0 Å². The minimum Gasteiger partial charge on any atom is -0.400 e. The molecule has 1 amide bonds. The Morgan fingerprint density at radius 3 is 2.57 bits per heavy atom. The van der Waals surface area contributed by atoms with Crippen LogP contribution in [0.25, 0.3) is 0 Å². The molecule has 0 spiro atoms. The maximum Gasteiger partial charge on any atom is 0.232 e. The molecular formula is C27H43FN4O3. The number of nitrogens with one attached hydrogen (secondary N) is 1. The molecule has 1 heterocycles. The quantitative estimate of drug-likeness (QED) is 0.458. The van der Waals surface area contributed by atoms with E-state index in [1.165, 1.54) is 4.90 Å². The third kappa shape index (κ3) is 7.47. The summed E-state index contributed by atoms with van der Waals surface area (Å²) in [6.07, 6.45) is 2.50. The molecule has 196 valence electrons. The summed E-state index contributed by atoms with van der Waals surface area (Å²) in [5, 5.41) is 19.4. The fraction of sp³-hybridized carbons (Fsp3) is 0.704. The van der Waals surface area contributed by atoms with Gasteiger partial charge >= 0.3 is 0 Å². The highest BCUT2D eigenvalue weighted by atomic mass is 19.1. The molecule has 2 aliphatic rings. The van der Waals surface area contributed by atoms with Gasteiger partial charge in [0.05, 0.1) is 24.1 Å². The molecular weight excluding hydrogens is 447 g/mol. The van der Waals surface area contributed by atoms with Crippen LogP contribution in [0.4, 0.5) is 4.39 Å². The van der Waals surface area contributed by atoms with Crippen LogP contribution in [0.2, 0.25) is 0 Å². The molecule has 7 nitrogen and oxygen atoms in total. The maximum atomic E-state index is 15.6. The summed E-state index contributed by atoms with van der Waals surface area (Å²) in [6.45, 7) is 7.30. The second-order valence-corrected chi connectivity index (χ2v) is 10.4. The van der Waals surface area contributed by atoms with Crippen molar-refractivity contribution in [2.75, 3.05) is 33.9 Å². The summed E-state index contributed by atoms with van der Waals surface area (Å²) in [4.78, 5) is 15.5. The standard InChI is InChI=1S/C26H39FN4O2.CH4O/c1-17(2)11-18(3)12-21-14-20-6-5-19(15-28)13-22(20)23(21)24(32)31(25(29)30-4)16-26(27)7-9-33-10-8-26;1-2/h5-6,13,17-18,21,23,25,30H,7-12,14,16,29H2,1-4H3;2H,1H3. The summed E-state index contributed by atoms with van der Waals surface area (Å²) in [5.41, 5.74) is 7.32. The number of nitrogens with zero attached hydrogens (tertiary/aromatic N) is 2. The SMILES string of the molecule is CNC(N)N(CC1(F)CCOCC1)C(=O)C1c2cc(C#N)ccc2CC1CC(C)CC(C)C.CO. The van der Waals surface area contributed by atoms with E-state index in [-0.39, 0.29) is 31.2 Å². The van der Waals surface area contributed by atoms with Gasteiger partial charge in [-0.3, -0.25) is 15.8 Å². The first kappa shape index (κ1) is 29.2. The van der Waals surface area contributed by atoms with Crippen molar-refractivity contribution in [2.24, 2.45) is 23.5 Å². The summed E-state index contributed by atoms with van der Waals surface area (Å²) in [6, 6.07) is 7.82. The van der Waals surface area contributed by atoms with Gasteiger partial charge in [-0.25, -0.2) is 4.39 Å². The van der Waals surface area contributed by atoms with E-state index in [9.17, 15) is 10.1 Å². The van der Waals surface area contributed by atoms with Crippen LogP contribution in [0, 0.1) is 29.1 Å². The molecule has 0 aromatic heterocycles. The molecule has 8 heteroatoms. The van der Waals surface area contributed by atoms with E-state index in [2.05, 4.69) is 32.2 Å². The highest BCUT2D eigenvalue weighted by Crippen LogP contribution is 2.44. The second-order valence-electron chi connectivity index (χ2n) is 10.4. The number of halogens is 1. The zero-order chi connectivity index (χ0) is 26.2. The number of nitriles is 1. The fourth-order valence-electron chi connectivity index (χ4n) is 5.61. The number of carbonyl (C=O) groups is 1. The smallest absolute Gasteiger partial charge is 0.232 e. The van der Waals surface area contributed by atoms with Crippen LogP contribution in [0.3, 0.4) is 0 Å². The van der Waals surface area contributed by atoms with Gasteiger partial charge < -0.3 is 14.7 Å². The number of benzene rings is 1. The minimum atomic E-state index is -1.52. The van der Waals surface area contributed by atoms with Gasteiger partial charge in [-0.1, -0.05) is 26.8 Å². The number of ether oxygens (including phenoxy) is 1. The van der Waals surface area contributed by atoms with Crippen molar-refractivity contribution in [3.63, 3.8) is 0 Å². The molecule has 1 aliphatic carbocycles. The molecule has 4 unspecified atom stereocenters. The fourth-order valence-corrected chi connectivity index (χ4v) is 5.61. The first-order chi connectivity index (χ1) is 16.7. The van der Waals surface area contributed by atoms with Crippen molar-refractivity contribution in [1.29, 1.82) is 5.26 Å². The molecule has 0 radical (unpaired) electrons. The van der Waals surface area contributed by atoms with Gasteiger partial charge in [0.15, 0.2) is 0 Å². The predicted octanol–water partition coefficient (Wildman–Crippen LogP) is 3.30. The van der Waals surface area contributed by atoms with Crippen LogP contribution < -0.4 is 11.1 Å². The van der Waals surface area contributed by atoms with Gasteiger partial charge in [0.2, 0.25) is 5.91 Å². The van der Waals surface area contributed by atoms with Gasteiger partial charge in [0.1, 0.15) is 12.0 Å². The molecule has 1 aliphatic heterocycles. The summed E-state index contributed by atoms with van der Waals surface area (Å²) in [7, 11) is 2.68. The van der Waals surface area contributed by atoms with Gasteiger partial charge in [-0.2, -0.15) is 5.26 Å². The zero-order valence-electron chi connectivity index (χ0n) is 21.9. The van der Waals surface area contributed by atoms with Crippen molar-refractivity contribution >= 4 is 5.91 Å². The molecule has 4 N–H and O–H groups in total. The number of hydrogen-bond acceptors (Lipinski definition) is 6. The molecule has 1 fully saturated rings. The lowest BCUT2D eigenvalue weighted by molar-refractivity contribution is -0.141. The van der Waals surface area contributed by atoms with Gasteiger partial charge in [-0.15, -0.1) is 0 Å². The minimum absolute atomic E-state index is 0.0603. The number of hydrogen-bond donors (Lipinski definition) is 3. The molecule has 0 bridgehead atoms. The van der Waals surface area contributed by atoms with Crippen LogP contribution in [0.1, 0.15) is 69.1 Å². The Balaban J connectivity index is 0.00000210.